The van der Waals surface area contributed by atoms with Gasteiger partial charge < -0.3 is 4.74 Å². The van der Waals surface area contributed by atoms with Crippen molar-refractivity contribution < 1.29 is 9.13 Å². The maximum atomic E-state index is 12.5. The van der Waals surface area contributed by atoms with Gasteiger partial charge in [-0.2, -0.15) is 0 Å². The quantitative estimate of drug-likeness (QED) is 0.700. The summed E-state index contributed by atoms with van der Waals surface area (Å²) in [6.45, 7) is 12.4. The molecule has 0 unspecified atom stereocenters. The van der Waals surface area contributed by atoms with Crippen LogP contribution in [0.2, 0.25) is 0 Å². The highest BCUT2D eigenvalue weighted by Crippen LogP contribution is 2.17. The minimum Gasteiger partial charge on any atom is -0.494 e. The van der Waals surface area contributed by atoms with Gasteiger partial charge in [0, 0.05) is 0 Å². The molecule has 0 fully saturated rings. The number of benzene rings is 1. The number of ether oxygens (including phenoxy) is 1. The van der Waals surface area contributed by atoms with E-state index < -0.39 is 0 Å². The molecule has 1 aromatic carbocycles. The summed E-state index contributed by atoms with van der Waals surface area (Å²) in [6.07, 6.45) is 0. The van der Waals surface area contributed by atoms with Gasteiger partial charge in [0.25, 0.3) is 0 Å². The van der Waals surface area contributed by atoms with Crippen LogP contribution in [0.1, 0.15) is 40.2 Å². The summed E-state index contributed by atoms with van der Waals surface area (Å²) in [5.41, 5.74) is 0.840. The van der Waals surface area contributed by atoms with E-state index in [4.69, 9.17) is 4.74 Å². The van der Waals surface area contributed by atoms with Crippen LogP contribution in [0, 0.1) is 12.7 Å². The number of aryl methyl sites for hydroxylation is 1. The van der Waals surface area contributed by atoms with Crippen LogP contribution in [0.25, 0.3) is 0 Å². The van der Waals surface area contributed by atoms with Gasteiger partial charge in [0.05, 0.1) is 6.61 Å². The van der Waals surface area contributed by atoms with E-state index in [2.05, 4.69) is 0 Å². The lowest BCUT2D eigenvalue weighted by atomic mass is 10.2. The summed E-state index contributed by atoms with van der Waals surface area (Å²) >= 11 is 0. The van der Waals surface area contributed by atoms with Crippen molar-refractivity contribution in [2.24, 2.45) is 0 Å². The zero-order valence-corrected chi connectivity index (χ0v) is 10.7. The van der Waals surface area contributed by atoms with Crippen molar-refractivity contribution in [3.63, 3.8) is 0 Å². The molecule has 2 heteroatoms. The fourth-order valence-corrected chi connectivity index (χ4v) is 0.930. The molecule has 0 aliphatic rings. The highest BCUT2D eigenvalue weighted by Gasteiger charge is 1.98. The average molecular weight is 214 g/mol. The third-order valence-corrected chi connectivity index (χ3v) is 1.44. The Morgan fingerprint density at radius 1 is 1.13 bits per heavy atom. The van der Waals surface area contributed by atoms with Gasteiger partial charge >= 0.3 is 0 Å². The van der Waals surface area contributed by atoms with Gasteiger partial charge in [-0.25, -0.2) is 4.39 Å². The van der Waals surface area contributed by atoms with E-state index in [0.29, 0.717) is 6.61 Å². The topological polar surface area (TPSA) is 9.23 Å². The first-order chi connectivity index (χ1) is 7.24. The van der Waals surface area contributed by atoms with Crippen molar-refractivity contribution in [2.45, 2.75) is 41.5 Å². The van der Waals surface area contributed by atoms with E-state index in [9.17, 15) is 4.39 Å². The highest BCUT2D eigenvalue weighted by molar-refractivity contribution is 5.32. The first-order valence-electron chi connectivity index (χ1n) is 5.63. The molecule has 1 nitrogen and oxygen atoms in total. The van der Waals surface area contributed by atoms with E-state index >= 15 is 0 Å². The summed E-state index contributed by atoms with van der Waals surface area (Å²) in [5, 5.41) is 0. The van der Waals surface area contributed by atoms with Crippen LogP contribution in [0.5, 0.6) is 5.75 Å². The zero-order chi connectivity index (χ0) is 12.3. The Labute approximate surface area is 93.3 Å². The van der Waals surface area contributed by atoms with Gasteiger partial charge in [0.2, 0.25) is 0 Å². The summed E-state index contributed by atoms with van der Waals surface area (Å²) < 4.78 is 17.8. The molecule has 0 saturated carbocycles. The van der Waals surface area contributed by atoms with E-state index in [1.807, 2.05) is 41.5 Å². The van der Waals surface area contributed by atoms with E-state index in [0.717, 1.165) is 11.3 Å². The first-order valence-corrected chi connectivity index (χ1v) is 5.63. The van der Waals surface area contributed by atoms with Crippen molar-refractivity contribution in [3.8, 4) is 5.75 Å². The summed E-state index contributed by atoms with van der Waals surface area (Å²) in [6, 6.07) is 4.51. The van der Waals surface area contributed by atoms with Gasteiger partial charge in [-0.15, -0.1) is 0 Å². The zero-order valence-electron chi connectivity index (χ0n) is 10.7. The minimum absolute atomic E-state index is 0.217. The molecule has 0 aliphatic heterocycles. The van der Waals surface area contributed by atoms with Gasteiger partial charge in [-0.05, 0) is 37.6 Å². The van der Waals surface area contributed by atoms with Crippen LogP contribution in [-0.2, 0) is 0 Å². The molecule has 1 rings (SSSR count). The van der Waals surface area contributed by atoms with E-state index in [1.165, 1.54) is 12.1 Å². The van der Waals surface area contributed by atoms with E-state index in [-0.39, 0.29) is 5.82 Å². The van der Waals surface area contributed by atoms with Crippen molar-refractivity contribution >= 4 is 0 Å². The van der Waals surface area contributed by atoms with E-state index in [1.54, 1.807) is 6.07 Å². The normalized spacial score (nSPS) is 7.93. The van der Waals surface area contributed by atoms with Crippen molar-refractivity contribution in [1.82, 2.24) is 0 Å². The molecule has 0 N–H and O–H groups in total. The summed E-state index contributed by atoms with van der Waals surface area (Å²) in [4.78, 5) is 0. The molecule has 1 aromatic rings. The van der Waals surface area contributed by atoms with Crippen molar-refractivity contribution in [1.29, 1.82) is 0 Å². The Hall–Kier alpha value is -1.05. The molecule has 0 bridgehead atoms. The van der Waals surface area contributed by atoms with Gasteiger partial charge in [0.15, 0.2) is 0 Å². The predicted octanol–water partition coefficient (Wildman–Crippen LogP) is 4.59. The lowest BCUT2D eigenvalue weighted by Crippen LogP contribution is -1.93. The number of halogens is 1. The highest BCUT2D eigenvalue weighted by atomic mass is 19.1. The molecule has 88 valence electrons. The first kappa shape index (κ1) is 16.4. The second kappa shape index (κ2) is 11.0. The smallest absolute Gasteiger partial charge is 0.123 e. The van der Waals surface area contributed by atoms with Gasteiger partial charge in [-0.3, -0.25) is 0 Å². The van der Waals surface area contributed by atoms with Gasteiger partial charge in [0.1, 0.15) is 11.6 Å². The molecular weight excluding hydrogens is 191 g/mol. The third-order valence-electron chi connectivity index (χ3n) is 1.44. The second-order valence-corrected chi connectivity index (χ2v) is 2.34. The molecule has 15 heavy (non-hydrogen) atoms. The fraction of sp³-hybridized carbons (Fsp3) is 0.538. The second-order valence-electron chi connectivity index (χ2n) is 2.34. The van der Waals surface area contributed by atoms with Crippen LogP contribution in [0.3, 0.4) is 0 Å². The van der Waals surface area contributed by atoms with Crippen molar-refractivity contribution in [3.05, 3.63) is 29.6 Å². The van der Waals surface area contributed by atoms with Crippen LogP contribution in [0.4, 0.5) is 4.39 Å². The lowest BCUT2D eigenvalue weighted by molar-refractivity contribution is 0.337. The number of rotatable bonds is 2. The molecule has 0 aliphatic carbocycles. The Bertz CT molecular complexity index is 246. The SMILES string of the molecule is CC.CC.CCOc1ccc(F)cc1C. The van der Waals surface area contributed by atoms with Crippen LogP contribution in [-0.4, -0.2) is 6.61 Å². The molecule has 0 atom stereocenters. The molecule has 0 spiro atoms. The van der Waals surface area contributed by atoms with Crippen LogP contribution < -0.4 is 4.74 Å². The Balaban J connectivity index is 0. The third kappa shape index (κ3) is 6.95. The maximum Gasteiger partial charge on any atom is 0.123 e. The number of hydrogen-bond acceptors (Lipinski definition) is 1. The Morgan fingerprint density at radius 2 is 1.67 bits per heavy atom. The Morgan fingerprint density at radius 3 is 2.07 bits per heavy atom. The molecular formula is C13H23FO. The molecule has 0 heterocycles. The monoisotopic (exact) mass is 214 g/mol. The average Bonchev–Trinajstić information content (AvgIpc) is 2.28. The van der Waals surface area contributed by atoms with Gasteiger partial charge in [-0.1, -0.05) is 27.7 Å². The molecule has 0 aromatic heterocycles. The molecule has 0 radical (unpaired) electrons. The van der Waals surface area contributed by atoms with Crippen LogP contribution in [0.15, 0.2) is 18.2 Å². The standard InChI is InChI=1S/C9H11FO.2C2H6/c1-3-11-9-5-4-8(10)6-7(9)2;2*1-2/h4-6H,3H2,1-2H3;2*1-2H3. The maximum absolute atomic E-state index is 12.5. The minimum atomic E-state index is -0.217. The largest absolute Gasteiger partial charge is 0.494 e. The number of hydrogen-bond donors (Lipinski definition) is 0. The summed E-state index contributed by atoms with van der Waals surface area (Å²) in [5.74, 6) is 0.542. The molecule has 0 amide bonds. The molecule has 0 saturated heterocycles. The van der Waals surface area contributed by atoms with Crippen molar-refractivity contribution in [2.75, 3.05) is 6.61 Å². The summed E-state index contributed by atoms with van der Waals surface area (Å²) in [7, 11) is 0. The van der Waals surface area contributed by atoms with Crippen LogP contribution >= 0.6 is 0 Å². The Kier molecular flexibility index (Phi) is 12.0. The predicted molar refractivity (Wildman–Crippen MR) is 65.0 cm³/mol. The lowest BCUT2D eigenvalue weighted by Gasteiger charge is -2.05. The fourth-order valence-electron chi connectivity index (χ4n) is 0.930.